The lowest BCUT2D eigenvalue weighted by molar-refractivity contribution is -0.384. The molecular formula is C32H26N4O9. The van der Waals surface area contributed by atoms with Gasteiger partial charge in [0, 0.05) is 17.7 Å². The first-order valence-corrected chi connectivity index (χ1v) is 13.3. The molecule has 0 saturated heterocycles. The molecule has 0 bridgehead atoms. The lowest BCUT2D eigenvalue weighted by atomic mass is 10.1. The Morgan fingerprint density at radius 3 is 2.13 bits per heavy atom. The summed E-state index contributed by atoms with van der Waals surface area (Å²) >= 11 is 0. The van der Waals surface area contributed by atoms with E-state index in [0.29, 0.717) is 39.3 Å². The van der Waals surface area contributed by atoms with Gasteiger partial charge in [0.25, 0.3) is 11.2 Å². The third-order valence-electron chi connectivity index (χ3n) is 6.70. The Morgan fingerprint density at radius 1 is 0.844 bits per heavy atom. The number of non-ortho nitro benzene ring substituents is 1. The highest BCUT2D eigenvalue weighted by Gasteiger charge is 2.19. The molecule has 0 aliphatic carbocycles. The first-order valence-electron chi connectivity index (χ1n) is 13.3. The average molecular weight is 611 g/mol. The van der Waals surface area contributed by atoms with Gasteiger partial charge in [0.2, 0.25) is 5.75 Å². The second-order valence-corrected chi connectivity index (χ2v) is 9.33. The fraction of sp³-hybridized carbons (Fsp3) is 0.125. The minimum Gasteiger partial charge on any atom is -0.493 e. The second kappa shape index (κ2) is 13.0. The summed E-state index contributed by atoms with van der Waals surface area (Å²) in [5.74, 6) is 0.928. The van der Waals surface area contributed by atoms with Gasteiger partial charge in [-0.15, -0.1) is 0 Å². The quantitative estimate of drug-likeness (QED) is 0.0685. The molecule has 0 atom stereocenters. The third kappa shape index (κ3) is 6.13. The normalized spacial score (nSPS) is 10.9. The highest BCUT2D eigenvalue weighted by atomic mass is 16.6. The van der Waals surface area contributed by atoms with Crippen LogP contribution in [0.25, 0.3) is 22.3 Å². The maximum Gasteiger partial charge on any atom is 0.343 e. The van der Waals surface area contributed by atoms with Crippen LogP contribution < -0.4 is 29.2 Å². The van der Waals surface area contributed by atoms with Gasteiger partial charge in [-0.3, -0.25) is 14.9 Å². The van der Waals surface area contributed by atoms with E-state index in [9.17, 15) is 19.7 Å². The number of fused-ring (bicyclic) bond motifs is 1. The number of nitrogens with zero attached hydrogens (tertiary/aromatic N) is 4. The molecule has 0 aliphatic heterocycles. The van der Waals surface area contributed by atoms with E-state index in [1.54, 1.807) is 48.5 Å². The van der Waals surface area contributed by atoms with Crippen molar-refractivity contribution in [3.8, 4) is 40.1 Å². The van der Waals surface area contributed by atoms with Crippen molar-refractivity contribution in [1.82, 2.24) is 9.66 Å². The van der Waals surface area contributed by atoms with E-state index >= 15 is 0 Å². The number of nitro benzene ring substituents is 1. The minimum absolute atomic E-state index is 0.112. The number of ether oxygens (including phenoxy) is 5. The van der Waals surface area contributed by atoms with E-state index in [1.807, 2.05) is 0 Å². The Kier molecular flexibility index (Phi) is 8.70. The van der Waals surface area contributed by atoms with E-state index in [-0.39, 0.29) is 28.6 Å². The van der Waals surface area contributed by atoms with Gasteiger partial charge in [-0.25, -0.2) is 9.78 Å². The van der Waals surface area contributed by atoms with Crippen LogP contribution in [0.1, 0.15) is 15.9 Å². The second-order valence-electron chi connectivity index (χ2n) is 9.33. The van der Waals surface area contributed by atoms with E-state index in [1.165, 1.54) is 65.0 Å². The van der Waals surface area contributed by atoms with Crippen molar-refractivity contribution in [3.05, 3.63) is 110 Å². The number of carbonyl (C=O) groups is 1. The van der Waals surface area contributed by atoms with Crippen LogP contribution in [0.5, 0.6) is 28.7 Å². The fourth-order valence-corrected chi connectivity index (χ4v) is 4.48. The van der Waals surface area contributed by atoms with Crippen molar-refractivity contribution in [3.63, 3.8) is 0 Å². The molecule has 0 unspecified atom stereocenters. The van der Waals surface area contributed by atoms with Crippen LogP contribution in [0.15, 0.2) is 88.8 Å². The number of hydrogen-bond acceptors (Lipinski definition) is 11. The van der Waals surface area contributed by atoms with Crippen molar-refractivity contribution < 1.29 is 33.4 Å². The van der Waals surface area contributed by atoms with Gasteiger partial charge in [0.15, 0.2) is 28.8 Å². The summed E-state index contributed by atoms with van der Waals surface area (Å²) < 4.78 is 28.5. The Balaban J connectivity index is 1.53. The molecule has 0 fully saturated rings. The van der Waals surface area contributed by atoms with Crippen LogP contribution in [0, 0.1) is 10.1 Å². The number of rotatable bonds is 10. The van der Waals surface area contributed by atoms with Gasteiger partial charge in [0.05, 0.1) is 56.0 Å². The maximum absolute atomic E-state index is 13.7. The molecule has 45 heavy (non-hydrogen) atoms. The standard InChI is InChI=1S/C32H26N4O9/c1-41-26-15-19(9-14-25(26)45-32(38)20-10-12-22(13-11-20)36(39)40)18-33-35-30(34-24-8-6-5-7-23(24)31(35)37)21-16-27(42-2)29(44-4)28(17-21)43-3/h5-18H,1-4H3. The minimum atomic E-state index is -0.728. The zero-order valence-electron chi connectivity index (χ0n) is 24.5. The van der Waals surface area contributed by atoms with E-state index < -0.39 is 16.5 Å². The van der Waals surface area contributed by atoms with Crippen molar-refractivity contribution in [1.29, 1.82) is 0 Å². The number of para-hydroxylation sites is 1. The summed E-state index contributed by atoms with van der Waals surface area (Å²) in [7, 11) is 5.87. The zero-order valence-corrected chi connectivity index (χ0v) is 24.5. The van der Waals surface area contributed by atoms with Crippen LogP contribution in [0.3, 0.4) is 0 Å². The molecule has 0 N–H and O–H groups in total. The Morgan fingerprint density at radius 2 is 1.51 bits per heavy atom. The molecule has 5 rings (SSSR count). The largest absolute Gasteiger partial charge is 0.493 e. The van der Waals surface area contributed by atoms with Crippen LogP contribution in [0.4, 0.5) is 5.69 Å². The first-order chi connectivity index (χ1) is 21.8. The molecule has 228 valence electrons. The van der Waals surface area contributed by atoms with Crippen LogP contribution >= 0.6 is 0 Å². The van der Waals surface area contributed by atoms with Gasteiger partial charge in [-0.05, 0) is 60.2 Å². The predicted molar refractivity (Wildman–Crippen MR) is 165 cm³/mol. The first kappa shape index (κ1) is 30.2. The zero-order chi connectivity index (χ0) is 32.1. The third-order valence-corrected chi connectivity index (χ3v) is 6.70. The van der Waals surface area contributed by atoms with Gasteiger partial charge >= 0.3 is 5.97 Å². The van der Waals surface area contributed by atoms with Crippen molar-refractivity contribution in [2.24, 2.45) is 5.10 Å². The molecule has 0 radical (unpaired) electrons. The molecular weight excluding hydrogens is 584 g/mol. The molecule has 1 heterocycles. The number of benzene rings is 4. The van der Waals surface area contributed by atoms with Gasteiger partial charge in [-0.1, -0.05) is 12.1 Å². The number of hydrogen-bond donors (Lipinski definition) is 0. The topological polar surface area (TPSA) is 154 Å². The van der Waals surface area contributed by atoms with Crippen molar-refractivity contribution in [2.75, 3.05) is 28.4 Å². The summed E-state index contributed by atoms with van der Waals surface area (Å²) in [6.07, 6.45) is 1.43. The number of carbonyl (C=O) groups excluding carboxylic acids is 1. The Bertz CT molecular complexity index is 1980. The Hall–Kier alpha value is -6.24. The number of esters is 1. The average Bonchev–Trinajstić information content (AvgIpc) is 3.07. The van der Waals surface area contributed by atoms with Gasteiger partial charge < -0.3 is 23.7 Å². The molecule has 4 aromatic carbocycles. The Labute approximate surface area is 256 Å². The highest BCUT2D eigenvalue weighted by molar-refractivity contribution is 5.92. The number of methoxy groups -OCH3 is 4. The molecule has 0 saturated carbocycles. The van der Waals surface area contributed by atoms with E-state index in [0.717, 1.165) is 4.68 Å². The summed E-state index contributed by atoms with van der Waals surface area (Å²) in [6, 6.07) is 20.0. The molecule has 0 amide bonds. The molecule has 0 aliphatic rings. The molecule has 13 nitrogen and oxygen atoms in total. The lowest BCUT2D eigenvalue weighted by Crippen LogP contribution is -2.20. The van der Waals surface area contributed by atoms with Gasteiger partial charge in [0.1, 0.15) is 0 Å². The van der Waals surface area contributed by atoms with E-state index in [4.69, 9.17) is 28.7 Å². The van der Waals surface area contributed by atoms with Crippen LogP contribution in [-0.2, 0) is 0 Å². The number of aromatic nitrogens is 2. The molecule has 1 aromatic heterocycles. The number of nitro groups is 1. The SMILES string of the molecule is COc1cc(C=Nn2c(-c3cc(OC)c(OC)c(OC)c3)nc3ccccc3c2=O)ccc1OC(=O)c1ccc([N+](=O)[O-])cc1. The molecule has 5 aromatic rings. The van der Waals surface area contributed by atoms with Crippen molar-refractivity contribution in [2.45, 2.75) is 0 Å². The summed E-state index contributed by atoms with van der Waals surface area (Å²) in [4.78, 5) is 41.4. The summed E-state index contributed by atoms with van der Waals surface area (Å²) in [6.45, 7) is 0. The molecule has 13 heteroatoms. The predicted octanol–water partition coefficient (Wildman–Crippen LogP) is 5.11. The summed E-state index contributed by atoms with van der Waals surface area (Å²) in [5, 5.41) is 15.7. The smallest absolute Gasteiger partial charge is 0.343 e. The highest BCUT2D eigenvalue weighted by Crippen LogP contribution is 2.41. The lowest BCUT2D eigenvalue weighted by Gasteiger charge is -2.15. The monoisotopic (exact) mass is 610 g/mol. The fourth-order valence-electron chi connectivity index (χ4n) is 4.48. The molecule has 0 spiro atoms. The maximum atomic E-state index is 13.7. The van der Waals surface area contributed by atoms with Crippen LogP contribution in [-0.4, -0.2) is 55.2 Å². The summed E-state index contributed by atoms with van der Waals surface area (Å²) in [5.41, 5.74) is 1.02. The van der Waals surface area contributed by atoms with Crippen molar-refractivity contribution >= 4 is 28.8 Å². The van der Waals surface area contributed by atoms with Crippen LogP contribution in [0.2, 0.25) is 0 Å². The van der Waals surface area contributed by atoms with Gasteiger partial charge in [-0.2, -0.15) is 9.78 Å². The van der Waals surface area contributed by atoms with E-state index in [2.05, 4.69) is 5.10 Å².